The molecule has 12 heavy (non-hydrogen) atoms. The van der Waals surface area contributed by atoms with Gasteiger partial charge in [-0.2, -0.15) is 0 Å². The normalized spacial score (nSPS) is 12.2. The van der Waals surface area contributed by atoms with E-state index in [9.17, 15) is 0 Å². The maximum Gasteiger partial charge on any atom is 0.205 e. The summed E-state index contributed by atoms with van der Waals surface area (Å²) in [7, 11) is 0. The third-order valence-corrected chi connectivity index (χ3v) is 1.84. The molecule has 0 radical (unpaired) electrons. The minimum Gasteiger partial charge on any atom is -0.478 e. The average molecular weight is 169 g/mol. The molecule has 0 bridgehead atoms. The maximum absolute atomic E-state index is 5.18. The summed E-state index contributed by atoms with van der Waals surface area (Å²) in [5, 5.41) is 0. The van der Waals surface area contributed by atoms with Crippen LogP contribution in [0, 0.1) is 5.92 Å². The van der Waals surface area contributed by atoms with Gasteiger partial charge in [-0.15, -0.1) is 0 Å². The number of nitrogens with zero attached hydrogens (tertiary/aromatic N) is 1. The zero-order valence-electron chi connectivity index (χ0n) is 8.18. The summed E-state index contributed by atoms with van der Waals surface area (Å²) < 4.78 is 5.18. The van der Waals surface area contributed by atoms with Crippen molar-refractivity contribution in [2.75, 3.05) is 6.61 Å². The van der Waals surface area contributed by atoms with Gasteiger partial charge in [0.2, 0.25) is 5.88 Å². The highest BCUT2D eigenvalue weighted by Gasteiger charge is 2.00. The molecule has 1 atom stereocenters. The van der Waals surface area contributed by atoms with Gasteiger partial charge in [0.1, 0.15) is 0 Å². The Labute approximate surface area is 75.3 Å². The molecule has 1 unspecified atom stereocenters. The second-order valence-electron chi connectivity index (χ2n) is 3.08. The number of hydrogen-bond acceptors (Lipinski definition) is 2. The molecule has 0 aliphatic carbocycles. The first-order valence-electron chi connectivity index (χ1n) is 4.49. The summed E-state index contributed by atoms with van der Waals surface area (Å²) in [6.07, 6.45) is 3.57. The molecule has 0 heterocycles. The van der Waals surface area contributed by atoms with Gasteiger partial charge in [0.25, 0.3) is 0 Å². The summed E-state index contributed by atoms with van der Waals surface area (Å²) in [6.45, 7) is 12.0. The molecule has 2 nitrogen and oxygen atoms in total. The lowest BCUT2D eigenvalue weighted by Crippen LogP contribution is -2.00. The second-order valence-corrected chi connectivity index (χ2v) is 3.08. The van der Waals surface area contributed by atoms with E-state index in [0.29, 0.717) is 12.5 Å². The molecule has 0 amide bonds. The Morgan fingerprint density at radius 2 is 2.17 bits per heavy atom. The highest BCUT2D eigenvalue weighted by molar-refractivity contribution is 5.26. The fourth-order valence-electron chi connectivity index (χ4n) is 1.06. The monoisotopic (exact) mass is 169 g/mol. The average Bonchev–Trinajstić information content (AvgIpc) is 2.04. The van der Waals surface area contributed by atoms with E-state index in [1.54, 1.807) is 0 Å². The van der Waals surface area contributed by atoms with Crippen molar-refractivity contribution in [1.82, 2.24) is 0 Å². The number of ether oxygens (including phenoxy) is 1. The molecule has 0 aliphatic rings. The highest BCUT2D eigenvalue weighted by Crippen LogP contribution is 2.10. The number of rotatable bonds is 7. The molecular formula is C10H19NO. The van der Waals surface area contributed by atoms with Gasteiger partial charge < -0.3 is 4.74 Å². The molecule has 0 saturated heterocycles. The first kappa shape index (κ1) is 11.2. The molecule has 0 spiro atoms. The Kier molecular flexibility index (Phi) is 6.44. The molecule has 0 aromatic carbocycles. The van der Waals surface area contributed by atoms with Crippen LogP contribution >= 0.6 is 0 Å². The molecule has 0 aromatic heterocycles. The minimum atomic E-state index is 0.429. The van der Waals surface area contributed by atoms with Crippen LogP contribution in [0.5, 0.6) is 0 Å². The molecule has 70 valence electrons. The van der Waals surface area contributed by atoms with Crippen molar-refractivity contribution in [2.24, 2.45) is 10.9 Å². The fraction of sp³-hybridized carbons (Fsp3) is 0.700. The largest absolute Gasteiger partial charge is 0.478 e. The quantitative estimate of drug-likeness (QED) is 0.424. The van der Waals surface area contributed by atoms with Crippen LogP contribution in [0.2, 0.25) is 0 Å². The number of hydrogen-bond donors (Lipinski definition) is 0. The van der Waals surface area contributed by atoms with E-state index >= 15 is 0 Å². The van der Waals surface area contributed by atoms with Crippen LogP contribution in [0.4, 0.5) is 0 Å². The van der Waals surface area contributed by atoms with E-state index in [1.807, 2.05) is 0 Å². The minimum absolute atomic E-state index is 0.429. The second kappa shape index (κ2) is 6.89. The zero-order chi connectivity index (χ0) is 9.40. The standard InChI is InChI=1S/C10H19NO/c1-5-6-9(2)7-8-12-10(3)11-4/h9H,3-8H2,1-2H3. The van der Waals surface area contributed by atoms with Gasteiger partial charge in [-0.25, -0.2) is 4.99 Å². The Balaban J connectivity index is 3.30. The molecule has 2 heteroatoms. The lowest BCUT2D eigenvalue weighted by atomic mass is 10.0. The van der Waals surface area contributed by atoms with Gasteiger partial charge in [-0.05, 0) is 25.6 Å². The predicted molar refractivity (Wildman–Crippen MR) is 53.3 cm³/mol. The van der Waals surface area contributed by atoms with Crippen molar-refractivity contribution in [3.05, 3.63) is 12.5 Å². The Hall–Kier alpha value is -0.790. The molecular weight excluding hydrogens is 150 g/mol. The Morgan fingerprint density at radius 3 is 2.67 bits per heavy atom. The van der Waals surface area contributed by atoms with Crippen LogP contribution < -0.4 is 0 Å². The van der Waals surface area contributed by atoms with E-state index in [0.717, 1.165) is 12.3 Å². The van der Waals surface area contributed by atoms with Gasteiger partial charge in [0, 0.05) is 0 Å². The SMILES string of the molecule is C=NC(=C)OCCC(C)CCC. The van der Waals surface area contributed by atoms with Crippen molar-refractivity contribution in [3.63, 3.8) is 0 Å². The van der Waals surface area contributed by atoms with Crippen molar-refractivity contribution in [3.8, 4) is 0 Å². The summed E-state index contributed by atoms with van der Waals surface area (Å²) in [5.41, 5.74) is 0. The zero-order valence-corrected chi connectivity index (χ0v) is 8.18. The van der Waals surface area contributed by atoms with E-state index in [-0.39, 0.29) is 0 Å². The molecule has 0 aromatic rings. The fourth-order valence-corrected chi connectivity index (χ4v) is 1.06. The lowest BCUT2D eigenvalue weighted by Gasteiger charge is -2.10. The summed E-state index contributed by atoms with van der Waals surface area (Å²) in [5.74, 6) is 1.16. The first-order chi connectivity index (χ1) is 5.70. The number of aliphatic imine (C=N–C) groups is 1. The van der Waals surface area contributed by atoms with Gasteiger partial charge >= 0.3 is 0 Å². The first-order valence-corrected chi connectivity index (χ1v) is 4.49. The van der Waals surface area contributed by atoms with Gasteiger partial charge in [-0.3, -0.25) is 0 Å². The highest BCUT2D eigenvalue weighted by atomic mass is 16.5. The van der Waals surface area contributed by atoms with Gasteiger partial charge in [0.05, 0.1) is 6.61 Å². The Morgan fingerprint density at radius 1 is 1.50 bits per heavy atom. The van der Waals surface area contributed by atoms with E-state index < -0.39 is 0 Å². The van der Waals surface area contributed by atoms with E-state index in [1.165, 1.54) is 12.8 Å². The van der Waals surface area contributed by atoms with Crippen LogP contribution in [0.25, 0.3) is 0 Å². The van der Waals surface area contributed by atoms with Crippen LogP contribution in [0.15, 0.2) is 17.5 Å². The summed E-state index contributed by atoms with van der Waals surface area (Å²) in [6, 6.07) is 0. The van der Waals surface area contributed by atoms with Gasteiger partial charge in [-0.1, -0.05) is 26.7 Å². The van der Waals surface area contributed by atoms with Crippen LogP contribution in [-0.2, 0) is 4.74 Å². The van der Waals surface area contributed by atoms with Crippen molar-refractivity contribution in [1.29, 1.82) is 0 Å². The molecule has 0 rings (SSSR count). The van der Waals surface area contributed by atoms with Crippen molar-refractivity contribution >= 4 is 6.72 Å². The lowest BCUT2D eigenvalue weighted by molar-refractivity contribution is 0.190. The summed E-state index contributed by atoms with van der Waals surface area (Å²) >= 11 is 0. The summed E-state index contributed by atoms with van der Waals surface area (Å²) in [4.78, 5) is 3.56. The third-order valence-electron chi connectivity index (χ3n) is 1.84. The van der Waals surface area contributed by atoms with Crippen molar-refractivity contribution < 1.29 is 4.74 Å². The molecule has 0 N–H and O–H groups in total. The Bertz CT molecular complexity index is 143. The van der Waals surface area contributed by atoms with Crippen LogP contribution in [0.3, 0.4) is 0 Å². The molecule has 0 fully saturated rings. The van der Waals surface area contributed by atoms with Crippen molar-refractivity contribution in [2.45, 2.75) is 33.1 Å². The van der Waals surface area contributed by atoms with Crippen LogP contribution in [-0.4, -0.2) is 13.3 Å². The molecule has 0 saturated carbocycles. The molecule has 0 aliphatic heterocycles. The maximum atomic E-state index is 5.18. The van der Waals surface area contributed by atoms with Crippen LogP contribution in [0.1, 0.15) is 33.1 Å². The predicted octanol–water partition coefficient (Wildman–Crippen LogP) is 3.00. The van der Waals surface area contributed by atoms with E-state index in [2.05, 4.69) is 32.1 Å². The third kappa shape index (κ3) is 5.96. The van der Waals surface area contributed by atoms with Gasteiger partial charge in [0.15, 0.2) is 0 Å². The smallest absolute Gasteiger partial charge is 0.205 e. The van der Waals surface area contributed by atoms with E-state index in [4.69, 9.17) is 4.74 Å². The topological polar surface area (TPSA) is 21.6 Å².